The molecule has 0 N–H and O–H groups in total. The Morgan fingerprint density at radius 3 is 2.92 bits per heavy atom. The Bertz CT molecular complexity index is 261. The van der Waals surface area contributed by atoms with E-state index in [1.165, 1.54) is 18.5 Å². The molecule has 1 aromatic heterocycles. The maximum atomic E-state index is 4.17. The summed E-state index contributed by atoms with van der Waals surface area (Å²) in [6, 6.07) is 4.78. The highest BCUT2D eigenvalue weighted by Gasteiger charge is 2.29. The lowest BCUT2D eigenvalue weighted by Gasteiger charge is -2.22. The van der Waals surface area contributed by atoms with E-state index in [0.29, 0.717) is 6.04 Å². The molecule has 0 radical (unpaired) electrons. The molecule has 2 heteroatoms. The Kier molecular flexibility index (Phi) is 2.32. The minimum atomic E-state index is 0.577. The minimum Gasteiger partial charge on any atom is -0.299 e. The molecule has 1 saturated heterocycles. The molecule has 2 atom stereocenters. The molecule has 0 aliphatic carbocycles. The van der Waals surface area contributed by atoms with Gasteiger partial charge in [0.2, 0.25) is 0 Å². The average molecular weight is 176 g/mol. The van der Waals surface area contributed by atoms with Crippen molar-refractivity contribution in [2.24, 2.45) is 5.92 Å². The van der Waals surface area contributed by atoms with Gasteiger partial charge in [0.05, 0.1) is 0 Å². The van der Waals surface area contributed by atoms with Crippen LogP contribution < -0.4 is 0 Å². The maximum Gasteiger partial charge on any atom is 0.0386 e. The Labute approximate surface area is 79.6 Å². The van der Waals surface area contributed by atoms with Gasteiger partial charge < -0.3 is 0 Å². The van der Waals surface area contributed by atoms with Gasteiger partial charge in [-0.05, 0) is 37.6 Å². The van der Waals surface area contributed by atoms with E-state index in [-0.39, 0.29) is 0 Å². The van der Waals surface area contributed by atoms with Crippen LogP contribution >= 0.6 is 0 Å². The van der Waals surface area contributed by atoms with Crippen molar-refractivity contribution in [2.45, 2.75) is 19.4 Å². The molecule has 1 aromatic rings. The summed E-state index contributed by atoms with van der Waals surface area (Å²) < 4.78 is 0. The zero-order valence-corrected chi connectivity index (χ0v) is 8.27. The van der Waals surface area contributed by atoms with Gasteiger partial charge in [-0.15, -0.1) is 0 Å². The molecule has 1 aliphatic heterocycles. The Morgan fingerprint density at radius 2 is 2.38 bits per heavy atom. The SMILES string of the molecule is C[C@@H]1CCN(C)[C@H]1c1cccnc1. The zero-order chi connectivity index (χ0) is 9.26. The predicted molar refractivity (Wildman–Crippen MR) is 53.4 cm³/mol. The van der Waals surface area contributed by atoms with Crippen LogP contribution in [-0.2, 0) is 0 Å². The third kappa shape index (κ3) is 1.59. The van der Waals surface area contributed by atoms with Crippen LogP contribution in [0.4, 0.5) is 0 Å². The molecule has 70 valence electrons. The third-order valence-corrected chi connectivity index (χ3v) is 2.98. The first-order valence-electron chi connectivity index (χ1n) is 4.89. The monoisotopic (exact) mass is 176 g/mol. The van der Waals surface area contributed by atoms with Gasteiger partial charge in [0.15, 0.2) is 0 Å². The third-order valence-electron chi connectivity index (χ3n) is 2.98. The number of likely N-dealkylation sites (tertiary alicyclic amines) is 1. The lowest BCUT2D eigenvalue weighted by molar-refractivity contribution is 0.285. The normalized spacial score (nSPS) is 29.4. The van der Waals surface area contributed by atoms with Crippen LogP contribution in [0, 0.1) is 5.92 Å². The molecule has 0 amide bonds. The van der Waals surface area contributed by atoms with Crippen molar-refractivity contribution in [3.05, 3.63) is 30.1 Å². The Hall–Kier alpha value is -0.890. The van der Waals surface area contributed by atoms with E-state index >= 15 is 0 Å². The molecule has 0 spiro atoms. The van der Waals surface area contributed by atoms with Crippen molar-refractivity contribution in [1.82, 2.24) is 9.88 Å². The summed E-state index contributed by atoms with van der Waals surface area (Å²) in [4.78, 5) is 6.59. The van der Waals surface area contributed by atoms with E-state index < -0.39 is 0 Å². The second kappa shape index (κ2) is 3.46. The molecule has 2 nitrogen and oxygen atoms in total. The number of rotatable bonds is 1. The van der Waals surface area contributed by atoms with Gasteiger partial charge in [-0.3, -0.25) is 9.88 Å². The van der Waals surface area contributed by atoms with Crippen molar-refractivity contribution in [3.63, 3.8) is 0 Å². The van der Waals surface area contributed by atoms with Crippen molar-refractivity contribution >= 4 is 0 Å². The Balaban J connectivity index is 2.25. The molecule has 0 aromatic carbocycles. The first kappa shape index (κ1) is 8.70. The lowest BCUT2D eigenvalue weighted by atomic mass is 9.97. The second-order valence-electron chi connectivity index (χ2n) is 3.98. The summed E-state index contributed by atoms with van der Waals surface area (Å²) in [6.45, 7) is 3.53. The van der Waals surface area contributed by atoms with Crippen molar-refractivity contribution in [1.29, 1.82) is 0 Å². The zero-order valence-electron chi connectivity index (χ0n) is 8.27. The number of hydrogen-bond acceptors (Lipinski definition) is 2. The molecular formula is C11H16N2. The van der Waals surface area contributed by atoms with E-state index in [2.05, 4.69) is 29.9 Å². The van der Waals surface area contributed by atoms with Crippen molar-refractivity contribution < 1.29 is 0 Å². The molecule has 2 rings (SSSR count). The fourth-order valence-corrected chi connectivity index (χ4v) is 2.27. The first-order valence-corrected chi connectivity index (χ1v) is 4.89. The molecule has 1 fully saturated rings. The van der Waals surface area contributed by atoms with Gasteiger partial charge in [0.25, 0.3) is 0 Å². The minimum absolute atomic E-state index is 0.577. The molecule has 13 heavy (non-hydrogen) atoms. The van der Waals surface area contributed by atoms with Crippen LogP contribution in [-0.4, -0.2) is 23.5 Å². The fourth-order valence-electron chi connectivity index (χ4n) is 2.27. The van der Waals surface area contributed by atoms with Crippen LogP contribution in [0.2, 0.25) is 0 Å². The molecular weight excluding hydrogens is 160 g/mol. The van der Waals surface area contributed by atoms with Crippen LogP contribution in [0.3, 0.4) is 0 Å². The topological polar surface area (TPSA) is 16.1 Å². The first-order chi connectivity index (χ1) is 6.29. The molecule has 2 heterocycles. The van der Waals surface area contributed by atoms with Gasteiger partial charge in [-0.1, -0.05) is 13.0 Å². The molecule has 0 unspecified atom stereocenters. The smallest absolute Gasteiger partial charge is 0.0386 e. The van der Waals surface area contributed by atoms with Gasteiger partial charge in [-0.25, -0.2) is 0 Å². The van der Waals surface area contributed by atoms with E-state index in [1.807, 2.05) is 18.5 Å². The summed E-state index contributed by atoms with van der Waals surface area (Å²) in [7, 11) is 2.20. The summed E-state index contributed by atoms with van der Waals surface area (Å²) in [6.07, 6.45) is 5.13. The summed E-state index contributed by atoms with van der Waals surface area (Å²) >= 11 is 0. The van der Waals surface area contributed by atoms with E-state index in [4.69, 9.17) is 0 Å². The average Bonchev–Trinajstić information content (AvgIpc) is 2.48. The lowest BCUT2D eigenvalue weighted by Crippen LogP contribution is -2.20. The van der Waals surface area contributed by atoms with Crippen molar-refractivity contribution in [3.8, 4) is 0 Å². The molecule has 0 bridgehead atoms. The quantitative estimate of drug-likeness (QED) is 0.651. The Morgan fingerprint density at radius 1 is 1.54 bits per heavy atom. The molecule has 1 aliphatic rings. The fraction of sp³-hybridized carbons (Fsp3) is 0.545. The number of aromatic nitrogens is 1. The van der Waals surface area contributed by atoms with Crippen LogP contribution in [0.15, 0.2) is 24.5 Å². The number of hydrogen-bond donors (Lipinski definition) is 0. The predicted octanol–water partition coefficient (Wildman–Crippen LogP) is 2.09. The van der Waals surface area contributed by atoms with Crippen LogP contribution in [0.25, 0.3) is 0 Å². The van der Waals surface area contributed by atoms with Crippen molar-refractivity contribution in [2.75, 3.05) is 13.6 Å². The standard InChI is InChI=1S/C11H16N2/c1-9-5-7-13(2)11(9)10-4-3-6-12-8-10/h3-4,6,8-9,11H,5,7H2,1-2H3/t9-,11-/m1/s1. The van der Waals surface area contributed by atoms with Gasteiger partial charge in [-0.2, -0.15) is 0 Å². The van der Waals surface area contributed by atoms with Gasteiger partial charge in [0, 0.05) is 18.4 Å². The van der Waals surface area contributed by atoms with Gasteiger partial charge in [0.1, 0.15) is 0 Å². The number of pyridine rings is 1. The van der Waals surface area contributed by atoms with E-state index in [1.54, 1.807) is 0 Å². The second-order valence-corrected chi connectivity index (χ2v) is 3.98. The summed E-state index contributed by atoms with van der Waals surface area (Å²) in [5.74, 6) is 0.759. The maximum absolute atomic E-state index is 4.17. The van der Waals surface area contributed by atoms with Crippen LogP contribution in [0.1, 0.15) is 24.9 Å². The highest BCUT2D eigenvalue weighted by molar-refractivity contribution is 5.16. The summed E-state index contributed by atoms with van der Waals surface area (Å²) in [5, 5.41) is 0. The van der Waals surface area contributed by atoms with E-state index in [0.717, 1.165) is 5.92 Å². The summed E-state index contributed by atoms with van der Waals surface area (Å²) in [5.41, 5.74) is 1.36. The largest absolute Gasteiger partial charge is 0.299 e. The van der Waals surface area contributed by atoms with Crippen LogP contribution in [0.5, 0.6) is 0 Å². The van der Waals surface area contributed by atoms with Gasteiger partial charge >= 0.3 is 0 Å². The highest BCUT2D eigenvalue weighted by atomic mass is 15.2. The highest BCUT2D eigenvalue weighted by Crippen LogP contribution is 2.34. The number of nitrogens with zero attached hydrogens (tertiary/aromatic N) is 2. The van der Waals surface area contributed by atoms with E-state index in [9.17, 15) is 0 Å². The molecule has 0 saturated carbocycles.